The van der Waals surface area contributed by atoms with Crippen LogP contribution in [0.25, 0.3) is 10.8 Å². The van der Waals surface area contributed by atoms with Gasteiger partial charge in [-0.25, -0.2) is 0 Å². The Labute approximate surface area is 150 Å². The highest BCUT2D eigenvalue weighted by Gasteiger charge is 2.23. The summed E-state index contributed by atoms with van der Waals surface area (Å²) in [6.07, 6.45) is -0.514. The van der Waals surface area contributed by atoms with Crippen LogP contribution in [0.5, 0.6) is 0 Å². The summed E-state index contributed by atoms with van der Waals surface area (Å²) in [5, 5.41) is 13.4. The predicted octanol–water partition coefficient (Wildman–Crippen LogP) is 4.64. The SMILES string of the molecule is CN(C)C[C@H](c1ccc2ccccc2c1)[C@H](O)c1ccccc1.Cl. The zero-order valence-electron chi connectivity index (χ0n) is 14.1. The van der Waals surface area contributed by atoms with E-state index in [-0.39, 0.29) is 18.3 Å². The number of fused-ring (bicyclic) bond motifs is 1. The average Bonchev–Trinajstić information content (AvgIpc) is 2.59. The molecule has 24 heavy (non-hydrogen) atoms. The first-order valence-corrected chi connectivity index (χ1v) is 8.01. The van der Waals surface area contributed by atoms with Crippen molar-refractivity contribution in [2.24, 2.45) is 0 Å². The molecule has 3 rings (SSSR count). The van der Waals surface area contributed by atoms with Gasteiger partial charge in [-0.05, 0) is 36.0 Å². The second kappa shape index (κ2) is 8.29. The van der Waals surface area contributed by atoms with E-state index in [0.717, 1.165) is 12.1 Å². The highest BCUT2D eigenvalue weighted by atomic mass is 35.5. The van der Waals surface area contributed by atoms with Gasteiger partial charge in [0.1, 0.15) is 0 Å². The minimum absolute atomic E-state index is 0. The second-order valence-electron chi connectivity index (χ2n) is 6.33. The van der Waals surface area contributed by atoms with Crippen LogP contribution in [0.4, 0.5) is 0 Å². The summed E-state index contributed by atoms with van der Waals surface area (Å²) in [6, 6.07) is 24.8. The van der Waals surface area contributed by atoms with Gasteiger partial charge in [-0.15, -0.1) is 12.4 Å². The third kappa shape index (κ3) is 4.15. The molecule has 0 unspecified atom stereocenters. The van der Waals surface area contributed by atoms with Crippen molar-refractivity contribution in [3.8, 4) is 0 Å². The van der Waals surface area contributed by atoms with Gasteiger partial charge in [0.2, 0.25) is 0 Å². The van der Waals surface area contributed by atoms with Gasteiger partial charge in [0.15, 0.2) is 0 Å². The maximum absolute atomic E-state index is 10.9. The van der Waals surface area contributed by atoms with Crippen LogP contribution in [0.1, 0.15) is 23.1 Å². The van der Waals surface area contributed by atoms with Crippen LogP contribution in [0.2, 0.25) is 0 Å². The van der Waals surface area contributed by atoms with Gasteiger partial charge >= 0.3 is 0 Å². The van der Waals surface area contributed by atoms with Crippen LogP contribution in [0, 0.1) is 0 Å². The van der Waals surface area contributed by atoms with Gasteiger partial charge in [-0.3, -0.25) is 0 Å². The van der Waals surface area contributed by atoms with E-state index in [1.54, 1.807) is 0 Å². The Balaban J connectivity index is 0.00000208. The first-order chi connectivity index (χ1) is 11.1. The van der Waals surface area contributed by atoms with Gasteiger partial charge in [0.25, 0.3) is 0 Å². The number of hydrogen-bond acceptors (Lipinski definition) is 2. The molecule has 3 heteroatoms. The largest absolute Gasteiger partial charge is 0.388 e. The molecule has 0 saturated heterocycles. The van der Waals surface area contributed by atoms with Crippen LogP contribution >= 0.6 is 12.4 Å². The first kappa shape index (κ1) is 18.5. The van der Waals surface area contributed by atoms with Crippen LogP contribution in [-0.2, 0) is 0 Å². The Kier molecular flexibility index (Phi) is 6.38. The van der Waals surface area contributed by atoms with E-state index in [1.165, 1.54) is 16.3 Å². The predicted molar refractivity (Wildman–Crippen MR) is 104 cm³/mol. The van der Waals surface area contributed by atoms with Crippen molar-refractivity contribution in [2.75, 3.05) is 20.6 Å². The van der Waals surface area contributed by atoms with Crippen molar-refractivity contribution in [1.29, 1.82) is 0 Å². The zero-order valence-corrected chi connectivity index (χ0v) is 14.9. The molecule has 0 spiro atoms. The molecule has 3 aromatic carbocycles. The van der Waals surface area contributed by atoms with E-state index < -0.39 is 6.10 Å². The number of hydrogen-bond donors (Lipinski definition) is 1. The summed E-state index contributed by atoms with van der Waals surface area (Å²) < 4.78 is 0. The molecule has 0 aliphatic heterocycles. The molecule has 0 aliphatic rings. The normalized spacial score (nSPS) is 13.5. The topological polar surface area (TPSA) is 23.5 Å². The molecule has 0 heterocycles. The number of benzene rings is 3. The monoisotopic (exact) mass is 341 g/mol. The smallest absolute Gasteiger partial charge is 0.0870 e. The molecule has 0 bridgehead atoms. The molecule has 0 amide bonds. The van der Waals surface area contributed by atoms with Gasteiger partial charge < -0.3 is 10.0 Å². The van der Waals surface area contributed by atoms with Gasteiger partial charge in [0.05, 0.1) is 6.10 Å². The number of likely N-dealkylation sites (N-methyl/N-ethyl adjacent to an activating group) is 1. The highest BCUT2D eigenvalue weighted by Crippen LogP contribution is 2.33. The van der Waals surface area contributed by atoms with E-state index in [0.29, 0.717) is 0 Å². The lowest BCUT2D eigenvalue weighted by Gasteiger charge is -2.27. The Morgan fingerprint density at radius 3 is 2.08 bits per heavy atom. The molecule has 1 N–H and O–H groups in total. The molecule has 0 saturated carbocycles. The quantitative estimate of drug-likeness (QED) is 0.730. The van der Waals surface area contributed by atoms with Crippen molar-refractivity contribution in [3.05, 3.63) is 83.9 Å². The Morgan fingerprint density at radius 2 is 1.42 bits per heavy atom. The zero-order chi connectivity index (χ0) is 16.2. The summed E-state index contributed by atoms with van der Waals surface area (Å²) in [4.78, 5) is 2.13. The molecule has 2 nitrogen and oxygen atoms in total. The molecular formula is C21H24ClNO. The van der Waals surface area contributed by atoms with Gasteiger partial charge in [0, 0.05) is 12.5 Å². The molecule has 0 fully saturated rings. The summed E-state index contributed by atoms with van der Waals surface area (Å²) >= 11 is 0. The number of aliphatic hydroxyl groups is 1. The van der Waals surface area contributed by atoms with E-state index in [4.69, 9.17) is 0 Å². The molecule has 2 atom stereocenters. The molecular weight excluding hydrogens is 318 g/mol. The summed E-state index contributed by atoms with van der Waals surface area (Å²) in [6.45, 7) is 0.800. The molecule has 3 aromatic rings. The molecule has 0 radical (unpaired) electrons. The summed E-state index contributed by atoms with van der Waals surface area (Å²) in [5.41, 5.74) is 2.14. The lowest BCUT2D eigenvalue weighted by molar-refractivity contribution is 0.129. The fraction of sp³-hybridized carbons (Fsp3) is 0.238. The number of halogens is 1. The highest BCUT2D eigenvalue weighted by molar-refractivity contribution is 5.85. The van der Waals surface area contributed by atoms with Crippen molar-refractivity contribution < 1.29 is 5.11 Å². The second-order valence-corrected chi connectivity index (χ2v) is 6.33. The van der Waals surface area contributed by atoms with E-state index in [9.17, 15) is 5.11 Å². The number of aliphatic hydroxyl groups excluding tert-OH is 1. The fourth-order valence-electron chi connectivity index (χ4n) is 3.10. The van der Waals surface area contributed by atoms with Crippen molar-refractivity contribution >= 4 is 23.2 Å². The van der Waals surface area contributed by atoms with Crippen LogP contribution in [0.3, 0.4) is 0 Å². The molecule has 0 aliphatic carbocycles. The van der Waals surface area contributed by atoms with Gasteiger partial charge in [-0.2, -0.15) is 0 Å². The van der Waals surface area contributed by atoms with E-state index >= 15 is 0 Å². The minimum Gasteiger partial charge on any atom is -0.388 e. The standard InChI is InChI=1S/C21H23NO.ClH/c1-22(2)15-20(21(23)17-9-4-3-5-10-17)19-13-12-16-8-6-7-11-18(16)14-19;/h3-14,20-21,23H,15H2,1-2H3;1H/t20-,21-;/m1./s1. The molecule has 0 aromatic heterocycles. The van der Waals surface area contributed by atoms with Crippen molar-refractivity contribution in [1.82, 2.24) is 4.90 Å². The lowest BCUT2D eigenvalue weighted by Crippen LogP contribution is -2.25. The Bertz CT molecular complexity index is 773. The third-order valence-electron chi connectivity index (χ3n) is 4.29. The van der Waals surface area contributed by atoms with Crippen molar-refractivity contribution in [2.45, 2.75) is 12.0 Å². The molecule has 126 valence electrons. The summed E-state index contributed by atoms with van der Waals surface area (Å²) in [5.74, 6) is 0.0389. The maximum Gasteiger partial charge on any atom is 0.0870 e. The van der Waals surface area contributed by atoms with Crippen molar-refractivity contribution in [3.63, 3.8) is 0 Å². The van der Waals surface area contributed by atoms with E-state index in [2.05, 4.69) is 47.4 Å². The Hall–Kier alpha value is -1.87. The first-order valence-electron chi connectivity index (χ1n) is 8.01. The summed E-state index contributed by atoms with van der Waals surface area (Å²) in [7, 11) is 4.09. The fourth-order valence-corrected chi connectivity index (χ4v) is 3.10. The van der Waals surface area contributed by atoms with Gasteiger partial charge in [-0.1, -0.05) is 72.8 Å². The van der Waals surface area contributed by atoms with Crippen LogP contribution < -0.4 is 0 Å². The minimum atomic E-state index is -0.514. The van der Waals surface area contributed by atoms with Crippen LogP contribution in [-0.4, -0.2) is 30.6 Å². The maximum atomic E-state index is 10.9. The third-order valence-corrected chi connectivity index (χ3v) is 4.29. The number of nitrogens with zero attached hydrogens (tertiary/aromatic N) is 1. The number of rotatable bonds is 5. The average molecular weight is 342 g/mol. The van der Waals surface area contributed by atoms with Crippen LogP contribution in [0.15, 0.2) is 72.8 Å². The lowest BCUT2D eigenvalue weighted by atomic mass is 9.87. The Morgan fingerprint density at radius 1 is 0.792 bits per heavy atom. The van der Waals surface area contributed by atoms with E-state index in [1.807, 2.05) is 44.4 Å².